The minimum absolute atomic E-state index is 0.141. The second-order valence-electron chi connectivity index (χ2n) is 7.43. The van der Waals surface area contributed by atoms with E-state index in [1.807, 2.05) is 0 Å². The molecule has 0 spiro atoms. The van der Waals surface area contributed by atoms with Crippen molar-refractivity contribution in [1.29, 1.82) is 0 Å². The highest BCUT2D eigenvalue weighted by atomic mass is 16.3. The molecule has 0 heterocycles. The first-order valence-electron chi connectivity index (χ1n) is 9.76. The molecule has 3 atom stereocenters. The smallest absolute Gasteiger partial charge is 0.0566 e. The zero-order valence-corrected chi connectivity index (χ0v) is 15.3. The molecule has 1 aliphatic rings. The van der Waals surface area contributed by atoms with E-state index < -0.39 is 0 Å². The predicted molar refractivity (Wildman–Crippen MR) is 104 cm³/mol. The summed E-state index contributed by atoms with van der Waals surface area (Å²) in [5.41, 5.74) is 2.74. The monoisotopic (exact) mass is 337 g/mol. The topological polar surface area (TPSA) is 23.5 Å². The number of rotatable bonds is 7. The lowest BCUT2D eigenvalue weighted by molar-refractivity contribution is 0.0392. The van der Waals surface area contributed by atoms with Crippen LogP contribution < -0.4 is 0 Å². The Kier molecular flexibility index (Phi) is 6.66. The lowest BCUT2D eigenvalue weighted by Gasteiger charge is -2.39. The molecular weight excluding hydrogens is 306 g/mol. The first kappa shape index (κ1) is 18.2. The van der Waals surface area contributed by atoms with Crippen LogP contribution in [-0.4, -0.2) is 22.2 Å². The zero-order chi connectivity index (χ0) is 17.5. The van der Waals surface area contributed by atoms with Crippen LogP contribution in [0.15, 0.2) is 60.7 Å². The van der Waals surface area contributed by atoms with E-state index in [9.17, 15) is 5.11 Å². The van der Waals surface area contributed by atoms with Gasteiger partial charge in [0.05, 0.1) is 6.10 Å². The quantitative estimate of drug-likeness (QED) is 0.767. The number of hydrogen-bond acceptors (Lipinski definition) is 2. The van der Waals surface area contributed by atoms with E-state index in [0.717, 1.165) is 25.9 Å². The van der Waals surface area contributed by atoms with Gasteiger partial charge in [0.25, 0.3) is 0 Å². The van der Waals surface area contributed by atoms with E-state index in [1.54, 1.807) is 0 Å². The highest BCUT2D eigenvalue weighted by Crippen LogP contribution is 2.32. The molecule has 25 heavy (non-hydrogen) atoms. The van der Waals surface area contributed by atoms with Crippen LogP contribution in [0.25, 0.3) is 0 Å². The lowest BCUT2D eigenvalue weighted by atomic mass is 9.80. The predicted octanol–water partition coefficient (Wildman–Crippen LogP) is 5.02. The van der Waals surface area contributed by atoms with E-state index in [1.165, 1.54) is 30.4 Å². The molecule has 3 rings (SSSR count). The van der Waals surface area contributed by atoms with Gasteiger partial charge in [-0.25, -0.2) is 0 Å². The summed E-state index contributed by atoms with van der Waals surface area (Å²) >= 11 is 0. The van der Waals surface area contributed by atoms with Gasteiger partial charge < -0.3 is 5.11 Å². The van der Waals surface area contributed by atoms with Gasteiger partial charge in [-0.2, -0.15) is 0 Å². The average Bonchev–Trinajstić information content (AvgIpc) is 2.68. The fourth-order valence-corrected chi connectivity index (χ4v) is 4.17. The summed E-state index contributed by atoms with van der Waals surface area (Å²) in [6.07, 6.45) is 5.50. The molecule has 1 aliphatic carbocycles. The molecule has 2 aromatic carbocycles. The van der Waals surface area contributed by atoms with Crippen molar-refractivity contribution in [3.8, 4) is 0 Å². The van der Waals surface area contributed by atoms with Gasteiger partial charge in [-0.1, -0.05) is 74.0 Å². The maximum Gasteiger partial charge on any atom is 0.0566 e. The summed E-state index contributed by atoms with van der Waals surface area (Å²) in [6, 6.07) is 22.1. The fourth-order valence-electron chi connectivity index (χ4n) is 4.17. The van der Waals surface area contributed by atoms with Gasteiger partial charge >= 0.3 is 0 Å². The normalized spacial score (nSPS) is 22.0. The Labute approximate surface area is 152 Å². The average molecular weight is 338 g/mol. The molecule has 1 fully saturated rings. The van der Waals surface area contributed by atoms with E-state index in [2.05, 4.69) is 72.5 Å². The Morgan fingerprint density at radius 2 is 1.48 bits per heavy atom. The fraction of sp³-hybridized carbons (Fsp3) is 0.478. The van der Waals surface area contributed by atoms with Crippen molar-refractivity contribution in [2.75, 3.05) is 0 Å². The van der Waals surface area contributed by atoms with Gasteiger partial charge in [0, 0.05) is 19.1 Å². The van der Waals surface area contributed by atoms with Gasteiger partial charge in [0.1, 0.15) is 0 Å². The third-order valence-electron chi connectivity index (χ3n) is 5.62. The minimum Gasteiger partial charge on any atom is -0.393 e. The van der Waals surface area contributed by atoms with Crippen LogP contribution in [0, 0.1) is 5.92 Å². The van der Waals surface area contributed by atoms with Gasteiger partial charge in [-0.3, -0.25) is 4.90 Å². The number of benzene rings is 2. The molecule has 2 nitrogen and oxygen atoms in total. The molecule has 0 saturated heterocycles. The van der Waals surface area contributed by atoms with E-state index in [0.29, 0.717) is 12.0 Å². The van der Waals surface area contributed by atoms with E-state index >= 15 is 0 Å². The van der Waals surface area contributed by atoms with Crippen LogP contribution in [0.3, 0.4) is 0 Å². The molecule has 0 aliphatic heterocycles. The molecule has 0 radical (unpaired) electrons. The number of aliphatic hydroxyl groups is 1. The van der Waals surface area contributed by atoms with Gasteiger partial charge in [-0.05, 0) is 42.7 Å². The Morgan fingerprint density at radius 1 is 0.920 bits per heavy atom. The second-order valence-corrected chi connectivity index (χ2v) is 7.43. The van der Waals surface area contributed by atoms with Gasteiger partial charge in [0.15, 0.2) is 0 Å². The SMILES string of the molecule is CCC(O)C1CCCC(N(Cc2ccccc2)Cc2ccccc2)C1. The number of hydrogen-bond donors (Lipinski definition) is 1. The first-order valence-corrected chi connectivity index (χ1v) is 9.76. The van der Waals surface area contributed by atoms with Crippen LogP contribution in [-0.2, 0) is 13.1 Å². The molecule has 134 valence electrons. The molecule has 0 bridgehead atoms. The van der Waals surface area contributed by atoms with Crippen molar-refractivity contribution in [2.45, 2.75) is 64.3 Å². The molecule has 0 amide bonds. The molecular formula is C23H31NO. The summed E-state index contributed by atoms with van der Waals surface area (Å²) in [5.74, 6) is 0.456. The van der Waals surface area contributed by atoms with Crippen molar-refractivity contribution >= 4 is 0 Å². The molecule has 1 N–H and O–H groups in total. The largest absolute Gasteiger partial charge is 0.393 e. The maximum atomic E-state index is 10.3. The van der Waals surface area contributed by atoms with Gasteiger partial charge in [0.2, 0.25) is 0 Å². The Hall–Kier alpha value is -1.64. The number of nitrogens with zero attached hydrogens (tertiary/aromatic N) is 1. The maximum absolute atomic E-state index is 10.3. The third kappa shape index (κ3) is 5.17. The second kappa shape index (κ2) is 9.17. The van der Waals surface area contributed by atoms with Crippen molar-refractivity contribution < 1.29 is 5.11 Å². The highest BCUT2D eigenvalue weighted by Gasteiger charge is 2.30. The van der Waals surface area contributed by atoms with Gasteiger partial charge in [-0.15, -0.1) is 0 Å². The molecule has 3 unspecified atom stereocenters. The zero-order valence-electron chi connectivity index (χ0n) is 15.3. The summed E-state index contributed by atoms with van der Waals surface area (Å²) < 4.78 is 0. The molecule has 1 saturated carbocycles. The highest BCUT2D eigenvalue weighted by molar-refractivity contribution is 5.17. The van der Waals surface area contributed by atoms with Crippen molar-refractivity contribution in [3.05, 3.63) is 71.8 Å². The van der Waals surface area contributed by atoms with Crippen LogP contribution in [0.1, 0.15) is 50.2 Å². The van der Waals surface area contributed by atoms with Crippen LogP contribution in [0.4, 0.5) is 0 Å². The molecule has 2 aromatic rings. The summed E-state index contributed by atoms with van der Waals surface area (Å²) in [6.45, 7) is 4.06. The lowest BCUT2D eigenvalue weighted by Crippen LogP contribution is -2.40. The minimum atomic E-state index is -0.141. The van der Waals surface area contributed by atoms with Crippen molar-refractivity contribution in [2.24, 2.45) is 5.92 Å². The summed E-state index contributed by atoms with van der Waals surface area (Å²) in [7, 11) is 0. The molecule has 0 aromatic heterocycles. The Balaban J connectivity index is 1.75. The van der Waals surface area contributed by atoms with E-state index in [-0.39, 0.29) is 6.10 Å². The first-order chi connectivity index (χ1) is 12.3. The molecule has 2 heteroatoms. The van der Waals surface area contributed by atoms with Crippen LogP contribution >= 0.6 is 0 Å². The summed E-state index contributed by atoms with van der Waals surface area (Å²) in [5, 5.41) is 10.3. The van der Waals surface area contributed by atoms with Crippen molar-refractivity contribution in [3.63, 3.8) is 0 Å². The van der Waals surface area contributed by atoms with Crippen molar-refractivity contribution in [1.82, 2.24) is 4.90 Å². The standard InChI is InChI=1S/C23H31NO/c1-2-23(25)21-14-9-15-22(16-21)24(17-19-10-5-3-6-11-19)18-20-12-7-4-8-13-20/h3-8,10-13,21-23,25H,2,9,14-18H2,1H3. The summed E-state index contributed by atoms with van der Waals surface area (Å²) in [4.78, 5) is 2.62. The van der Waals surface area contributed by atoms with Crippen LogP contribution in [0.5, 0.6) is 0 Å². The van der Waals surface area contributed by atoms with E-state index in [4.69, 9.17) is 0 Å². The van der Waals surface area contributed by atoms with Crippen LogP contribution in [0.2, 0.25) is 0 Å². The third-order valence-corrected chi connectivity index (χ3v) is 5.62. The Bertz CT molecular complexity index is 571. The Morgan fingerprint density at radius 3 is 2.00 bits per heavy atom. The number of aliphatic hydroxyl groups excluding tert-OH is 1.